The number of nitriles is 1. The maximum atomic E-state index is 9.31. The van der Waals surface area contributed by atoms with Crippen LogP contribution >= 0.6 is 11.8 Å². The van der Waals surface area contributed by atoms with E-state index in [9.17, 15) is 5.26 Å². The third-order valence-corrected chi connectivity index (χ3v) is 5.58. The number of hydrogen-bond acceptors (Lipinski definition) is 6. The molecule has 0 atom stereocenters. The maximum Gasteiger partial charge on any atom is 0.137 e. The largest absolute Gasteiger partial charge is 0.301 e. The molecule has 0 bridgehead atoms. The topological polar surface area (TPSA) is 56.1 Å². The van der Waals surface area contributed by atoms with E-state index in [-0.39, 0.29) is 0 Å². The average Bonchev–Trinajstić information content (AvgIpc) is 2.55. The lowest BCUT2D eigenvalue weighted by atomic mass is 10.1. The summed E-state index contributed by atoms with van der Waals surface area (Å²) in [7, 11) is 0. The van der Waals surface area contributed by atoms with E-state index in [0.29, 0.717) is 11.6 Å². The van der Waals surface area contributed by atoms with Crippen molar-refractivity contribution in [1.82, 2.24) is 20.0 Å². The Labute approximate surface area is 144 Å². The van der Waals surface area contributed by atoms with Crippen LogP contribution in [0.5, 0.6) is 0 Å². The molecule has 0 N–H and O–H groups in total. The van der Waals surface area contributed by atoms with E-state index in [1.54, 1.807) is 11.8 Å². The Morgan fingerprint density at radius 2 is 1.87 bits per heavy atom. The maximum absolute atomic E-state index is 9.31. The quantitative estimate of drug-likeness (QED) is 0.589. The Morgan fingerprint density at radius 1 is 1.17 bits per heavy atom. The summed E-state index contributed by atoms with van der Waals surface area (Å²) in [5.74, 6) is 0.982. The predicted octanol–water partition coefficient (Wildman–Crippen LogP) is 2.47. The average molecular weight is 334 g/mol. The summed E-state index contributed by atoms with van der Waals surface area (Å²) < 4.78 is 0. The van der Waals surface area contributed by atoms with Crippen LogP contribution in [-0.2, 0) is 0 Å². The number of aromatic nitrogens is 2. The highest BCUT2D eigenvalue weighted by atomic mass is 32.2. The SMILES string of the molecule is Cc1nnc(SCCCN2CCN(C(C)C)CC2)c(C#N)c1C. The molecule has 6 heteroatoms. The van der Waals surface area contributed by atoms with Gasteiger partial charge in [0.15, 0.2) is 0 Å². The van der Waals surface area contributed by atoms with E-state index in [1.807, 2.05) is 13.8 Å². The molecule has 23 heavy (non-hydrogen) atoms. The first kappa shape index (κ1) is 18.2. The molecular weight excluding hydrogens is 306 g/mol. The minimum atomic E-state index is 0.653. The highest BCUT2D eigenvalue weighted by molar-refractivity contribution is 7.99. The van der Waals surface area contributed by atoms with Crippen LogP contribution in [-0.4, -0.2) is 64.5 Å². The summed E-state index contributed by atoms with van der Waals surface area (Å²) in [6.07, 6.45) is 1.12. The lowest BCUT2D eigenvalue weighted by Crippen LogP contribution is -2.48. The van der Waals surface area contributed by atoms with Crippen molar-refractivity contribution in [2.45, 2.75) is 45.2 Å². The monoisotopic (exact) mass is 333 g/mol. The van der Waals surface area contributed by atoms with Crippen LogP contribution in [0.25, 0.3) is 0 Å². The third-order valence-electron chi connectivity index (χ3n) is 4.53. The highest BCUT2D eigenvalue weighted by Gasteiger charge is 2.18. The molecule has 0 spiro atoms. The van der Waals surface area contributed by atoms with E-state index in [2.05, 4.69) is 39.9 Å². The predicted molar refractivity (Wildman–Crippen MR) is 94.7 cm³/mol. The van der Waals surface area contributed by atoms with Crippen LogP contribution in [0.3, 0.4) is 0 Å². The summed E-state index contributed by atoms with van der Waals surface area (Å²) in [4.78, 5) is 5.08. The van der Waals surface area contributed by atoms with Gasteiger partial charge in [0.25, 0.3) is 0 Å². The smallest absolute Gasteiger partial charge is 0.137 e. The van der Waals surface area contributed by atoms with Gasteiger partial charge in [-0.1, -0.05) is 0 Å². The van der Waals surface area contributed by atoms with Gasteiger partial charge in [0.1, 0.15) is 11.1 Å². The Hall–Kier alpha value is -1.16. The number of nitrogens with zero attached hydrogens (tertiary/aromatic N) is 5. The zero-order valence-corrected chi connectivity index (χ0v) is 15.5. The van der Waals surface area contributed by atoms with Crippen LogP contribution in [0, 0.1) is 25.2 Å². The van der Waals surface area contributed by atoms with Gasteiger partial charge in [0, 0.05) is 38.0 Å². The fourth-order valence-corrected chi connectivity index (χ4v) is 3.69. The second-order valence-corrected chi connectivity index (χ2v) is 7.46. The molecule has 1 aliphatic rings. The first-order valence-electron chi connectivity index (χ1n) is 8.36. The van der Waals surface area contributed by atoms with E-state index in [0.717, 1.165) is 48.1 Å². The molecule has 0 aromatic carbocycles. The molecule has 5 nitrogen and oxygen atoms in total. The molecule has 1 fully saturated rings. The van der Waals surface area contributed by atoms with Crippen LogP contribution in [0.4, 0.5) is 0 Å². The van der Waals surface area contributed by atoms with Crippen molar-refractivity contribution in [3.63, 3.8) is 0 Å². The van der Waals surface area contributed by atoms with Crippen molar-refractivity contribution in [2.24, 2.45) is 0 Å². The van der Waals surface area contributed by atoms with E-state index in [1.165, 1.54) is 13.1 Å². The molecule has 0 saturated carbocycles. The van der Waals surface area contributed by atoms with Crippen LogP contribution < -0.4 is 0 Å². The second-order valence-electron chi connectivity index (χ2n) is 6.38. The summed E-state index contributed by atoms with van der Waals surface area (Å²) in [5.41, 5.74) is 2.48. The van der Waals surface area contributed by atoms with Crippen molar-refractivity contribution in [2.75, 3.05) is 38.5 Å². The fourth-order valence-electron chi connectivity index (χ4n) is 2.78. The third kappa shape index (κ3) is 4.90. The zero-order valence-electron chi connectivity index (χ0n) is 14.7. The highest BCUT2D eigenvalue weighted by Crippen LogP contribution is 2.23. The molecule has 126 valence electrons. The van der Waals surface area contributed by atoms with Crippen molar-refractivity contribution in [3.05, 3.63) is 16.8 Å². The summed E-state index contributed by atoms with van der Waals surface area (Å²) in [6.45, 7) is 14.2. The molecule has 0 aliphatic carbocycles. The Bertz CT molecular complexity index is 559. The van der Waals surface area contributed by atoms with E-state index < -0.39 is 0 Å². The lowest BCUT2D eigenvalue weighted by Gasteiger charge is -2.36. The molecule has 1 aromatic rings. The van der Waals surface area contributed by atoms with Crippen molar-refractivity contribution < 1.29 is 0 Å². The minimum Gasteiger partial charge on any atom is -0.301 e. The molecule has 1 aliphatic heterocycles. The Morgan fingerprint density at radius 3 is 2.48 bits per heavy atom. The summed E-state index contributed by atoms with van der Waals surface area (Å²) >= 11 is 1.66. The minimum absolute atomic E-state index is 0.653. The molecular formula is C17H27N5S. The second kappa shape index (κ2) is 8.62. The number of piperazine rings is 1. The van der Waals surface area contributed by atoms with Gasteiger partial charge < -0.3 is 4.90 Å². The molecule has 2 rings (SSSR count). The first-order chi connectivity index (χ1) is 11.0. The molecule has 0 unspecified atom stereocenters. The van der Waals surface area contributed by atoms with Gasteiger partial charge >= 0.3 is 0 Å². The molecule has 0 radical (unpaired) electrons. The van der Waals surface area contributed by atoms with Gasteiger partial charge in [0.2, 0.25) is 0 Å². The standard InChI is InChI=1S/C17H27N5S/c1-13(2)22-9-7-21(8-10-22)6-5-11-23-17-16(12-18)14(3)15(4)19-20-17/h13H,5-11H2,1-4H3. The van der Waals surface area contributed by atoms with Gasteiger partial charge in [-0.05, 0) is 46.2 Å². The number of rotatable bonds is 6. The molecule has 1 aromatic heterocycles. The Kier molecular flexibility index (Phi) is 6.82. The first-order valence-corrected chi connectivity index (χ1v) is 9.34. The number of hydrogen-bond donors (Lipinski definition) is 0. The molecule has 1 saturated heterocycles. The normalized spacial score (nSPS) is 16.7. The van der Waals surface area contributed by atoms with Gasteiger partial charge in [0.05, 0.1) is 11.3 Å². The van der Waals surface area contributed by atoms with Gasteiger partial charge in [-0.25, -0.2) is 0 Å². The van der Waals surface area contributed by atoms with E-state index in [4.69, 9.17) is 0 Å². The summed E-state index contributed by atoms with van der Waals surface area (Å²) in [6, 6.07) is 2.92. The van der Waals surface area contributed by atoms with Crippen molar-refractivity contribution in [1.29, 1.82) is 5.26 Å². The van der Waals surface area contributed by atoms with Gasteiger partial charge in [-0.15, -0.1) is 16.9 Å². The molecule has 0 amide bonds. The van der Waals surface area contributed by atoms with Gasteiger partial charge in [-0.2, -0.15) is 10.4 Å². The van der Waals surface area contributed by atoms with E-state index >= 15 is 0 Å². The van der Waals surface area contributed by atoms with Gasteiger partial charge in [-0.3, -0.25) is 4.90 Å². The zero-order chi connectivity index (χ0) is 16.8. The molecule has 2 heterocycles. The Balaban J connectivity index is 1.75. The fraction of sp³-hybridized carbons (Fsp3) is 0.706. The van der Waals surface area contributed by atoms with Crippen molar-refractivity contribution in [3.8, 4) is 6.07 Å². The summed E-state index contributed by atoms with van der Waals surface area (Å²) in [5, 5.41) is 18.4. The van der Waals surface area contributed by atoms with Crippen LogP contribution in [0.1, 0.15) is 37.1 Å². The lowest BCUT2D eigenvalue weighted by molar-refractivity contribution is 0.109. The number of aryl methyl sites for hydroxylation is 1. The van der Waals surface area contributed by atoms with Crippen LogP contribution in [0.2, 0.25) is 0 Å². The van der Waals surface area contributed by atoms with Crippen molar-refractivity contribution >= 4 is 11.8 Å². The number of thioether (sulfide) groups is 1. The van der Waals surface area contributed by atoms with Crippen LogP contribution in [0.15, 0.2) is 5.03 Å².